The van der Waals surface area contributed by atoms with Gasteiger partial charge in [-0.3, -0.25) is 9.78 Å². The van der Waals surface area contributed by atoms with E-state index in [0.29, 0.717) is 5.39 Å². The molecular weight excluding hydrogens is 292 g/mol. The lowest BCUT2D eigenvalue weighted by molar-refractivity contribution is 1.27. The normalized spacial score (nSPS) is 10.7. The molecule has 0 saturated heterocycles. The van der Waals surface area contributed by atoms with Crippen LogP contribution in [0.15, 0.2) is 58.2 Å². The molecule has 4 heteroatoms. The van der Waals surface area contributed by atoms with E-state index in [1.807, 2.05) is 30.3 Å². The second-order valence-corrected chi connectivity index (χ2v) is 4.88. The van der Waals surface area contributed by atoms with E-state index < -0.39 is 0 Å². The third-order valence-corrected chi connectivity index (χ3v) is 3.26. The number of hydrogen-bond donors (Lipinski definition) is 1. The van der Waals surface area contributed by atoms with Gasteiger partial charge in [0.15, 0.2) is 0 Å². The SMILES string of the molecule is O=c1[nH]ccc2c(-c3cncc(Br)c3)cccc12. The zero-order valence-corrected chi connectivity index (χ0v) is 10.9. The molecular formula is C14H9BrN2O. The zero-order chi connectivity index (χ0) is 12.5. The van der Waals surface area contributed by atoms with Gasteiger partial charge in [0.1, 0.15) is 0 Å². The summed E-state index contributed by atoms with van der Waals surface area (Å²) in [7, 11) is 0. The van der Waals surface area contributed by atoms with Crippen molar-refractivity contribution in [2.75, 3.05) is 0 Å². The maximum absolute atomic E-state index is 11.7. The van der Waals surface area contributed by atoms with Crippen LogP contribution < -0.4 is 5.56 Å². The molecule has 0 amide bonds. The molecule has 18 heavy (non-hydrogen) atoms. The standard InChI is InChI=1S/C14H9BrN2O/c15-10-6-9(7-16-8-10)11-2-1-3-13-12(11)4-5-17-14(13)18/h1-8H,(H,17,18). The Morgan fingerprint density at radius 1 is 1.11 bits per heavy atom. The van der Waals surface area contributed by atoms with Crippen LogP contribution in [0, 0.1) is 0 Å². The first-order valence-electron chi connectivity index (χ1n) is 5.47. The minimum Gasteiger partial charge on any atom is -0.329 e. The molecule has 88 valence electrons. The average Bonchev–Trinajstić information content (AvgIpc) is 2.39. The van der Waals surface area contributed by atoms with Crippen molar-refractivity contribution in [1.82, 2.24) is 9.97 Å². The van der Waals surface area contributed by atoms with Crippen molar-refractivity contribution in [3.8, 4) is 11.1 Å². The number of benzene rings is 1. The molecule has 0 spiro atoms. The maximum atomic E-state index is 11.7. The zero-order valence-electron chi connectivity index (χ0n) is 9.35. The van der Waals surface area contributed by atoms with Crippen molar-refractivity contribution < 1.29 is 0 Å². The van der Waals surface area contributed by atoms with Crippen LogP contribution in [-0.4, -0.2) is 9.97 Å². The van der Waals surface area contributed by atoms with Gasteiger partial charge in [0.2, 0.25) is 0 Å². The van der Waals surface area contributed by atoms with Gasteiger partial charge in [-0.05, 0) is 45.1 Å². The summed E-state index contributed by atoms with van der Waals surface area (Å²) in [5.41, 5.74) is 1.92. The van der Waals surface area contributed by atoms with Crippen LogP contribution in [0.5, 0.6) is 0 Å². The molecule has 0 aliphatic rings. The summed E-state index contributed by atoms with van der Waals surface area (Å²) in [5, 5.41) is 1.62. The Morgan fingerprint density at radius 2 is 2.00 bits per heavy atom. The van der Waals surface area contributed by atoms with Crippen LogP contribution in [-0.2, 0) is 0 Å². The number of aromatic amines is 1. The number of nitrogens with zero attached hydrogens (tertiary/aromatic N) is 1. The largest absolute Gasteiger partial charge is 0.329 e. The second-order valence-electron chi connectivity index (χ2n) is 3.97. The molecule has 0 radical (unpaired) electrons. The highest BCUT2D eigenvalue weighted by molar-refractivity contribution is 9.10. The number of halogens is 1. The lowest BCUT2D eigenvalue weighted by Crippen LogP contribution is -2.04. The van der Waals surface area contributed by atoms with E-state index in [2.05, 4.69) is 25.9 Å². The lowest BCUT2D eigenvalue weighted by atomic mass is 10.0. The number of nitrogens with one attached hydrogen (secondary N) is 1. The van der Waals surface area contributed by atoms with E-state index in [1.54, 1.807) is 18.6 Å². The number of hydrogen-bond acceptors (Lipinski definition) is 2. The molecule has 1 aromatic carbocycles. The van der Waals surface area contributed by atoms with E-state index in [1.165, 1.54) is 0 Å². The number of H-pyrrole nitrogens is 1. The number of rotatable bonds is 1. The van der Waals surface area contributed by atoms with Crippen LogP contribution in [0.1, 0.15) is 0 Å². The highest BCUT2D eigenvalue weighted by Gasteiger charge is 2.06. The molecule has 0 aliphatic carbocycles. The molecule has 0 saturated carbocycles. The van der Waals surface area contributed by atoms with Crippen molar-refractivity contribution >= 4 is 26.7 Å². The fourth-order valence-electron chi connectivity index (χ4n) is 2.03. The first kappa shape index (κ1) is 11.2. The van der Waals surface area contributed by atoms with Crippen LogP contribution in [0.2, 0.25) is 0 Å². The predicted octanol–water partition coefficient (Wildman–Crippen LogP) is 3.35. The third-order valence-electron chi connectivity index (χ3n) is 2.83. The highest BCUT2D eigenvalue weighted by Crippen LogP contribution is 2.27. The summed E-state index contributed by atoms with van der Waals surface area (Å²) in [5.74, 6) is 0. The Morgan fingerprint density at radius 3 is 2.83 bits per heavy atom. The molecule has 2 heterocycles. The predicted molar refractivity (Wildman–Crippen MR) is 75.5 cm³/mol. The van der Waals surface area contributed by atoms with Gasteiger partial charge in [0, 0.05) is 34.0 Å². The number of fused-ring (bicyclic) bond motifs is 1. The van der Waals surface area contributed by atoms with E-state index in [0.717, 1.165) is 21.0 Å². The van der Waals surface area contributed by atoms with Crippen LogP contribution in [0.25, 0.3) is 21.9 Å². The van der Waals surface area contributed by atoms with Gasteiger partial charge in [-0.1, -0.05) is 12.1 Å². The van der Waals surface area contributed by atoms with Crippen LogP contribution >= 0.6 is 15.9 Å². The molecule has 0 aliphatic heterocycles. The Hall–Kier alpha value is -1.94. The molecule has 3 nitrogen and oxygen atoms in total. The molecule has 3 rings (SSSR count). The van der Waals surface area contributed by atoms with E-state index in [4.69, 9.17) is 0 Å². The van der Waals surface area contributed by atoms with Gasteiger partial charge < -0.3 is 4.98 Å². The Kier molecular flexibility index (Phi) is 2.72. The highest BCUT2D eigenvalue weighted by atomic mass is 79.9. The van der Waals surface area contributed by atoms with E-state index in [-0.39, 0.29) is 5.56 Å². The minimum absolute atomic E-state index is 0.0719. The number of aromatic nitrogens is 2. The molecule has 0 bridgehead atoms. The van der Waals surface area contributed by atoms with E-state index in [9.17, 15) is 4.79 Å². The molecule has 0 fully saturated rings. The summed E-state index contributed by atoms with van der Waals surface area (Å²) >= 11 is 3.41. The maximum Gasteiger partial charge on any atom is 0.255 e. The fourth-order valence-corrected chi connectivity index (χ4v) is 2.40. The van der Waals surface area contributed by atoms with Crippen LogP contribution in [0.3, 0.4) is 0 Å². The molecule has 3 aromatic rings. The summed E-state index contributed by atoms with van der Waals surface area (Å²) in [6.07, 6.45) is 5.20. The Bertz CT molecular complexity index is 780. The van der Waals surface area contributed by atoms with Crippen molar-refractivity contribution in [3.05, 3.63) is 63.7 Å². The average molecular weight is 301 g/mol. The Balaban J connectivity index is 2.37. The molecule has 2 aromatic heterocycles. The second kappa shape index (κ2) is 4.38. The smallest absolute Gasteiger partial charge is 0.255 e. The van der Waals surface area contributed by atoms with Crippen LogP contribution in [0.4, 0.5) is 0 Å². The van der Waals surface area contributed by atoms with Gasteiger partial charge in [-0.2, -0.15) is 0 Å². The van der Waals surface area contributed by atoms with Gasteiger partial charge in [-0.15, -0.1) is 0 Å². The van der Waals surface area contributed by atoms with Crippen molar-refractivity contribution in [2.24, 2.45) is 0 Å². The Labute approximate surface area is 112 Å². The fraction of sp³-hybridized carbons (Fsp3) is 0. The minimum atomic E-state index is -0.0719. The van der Waals surface area contributed by atoms with Gasteiger partial charge >= 0.3 is 0 Å². The summed E-state index contributed by atoms with van der Waals surface area (Å²) in [6.45, 7) is 0. The van der Waals surface area contributed by atoms with Gasteiger partial charge in [0.05, 0.1) is 0 Å². The van der Waals surface area contributed by atoms with Crippen molar-refractivity contribution in [3.63, 3.8) is 0 Å². The van der Waals surface area contributed by atoms with Crippen molar-refractivity contribution in [1.29, 1.82) is 0 Å². The molecule has 0 atom stereocenters. The first-order chi connectivity index (χ1) is 8.75. The summed E-state index contributed by atoms with van der Waals surface area (Å²) in [6, 6.07) is 9.60. The summed E-state index contributed by atoms with van der Waals surface area (Å²) in [4.78, 5) is 18.6. The topological polar surface area (TPSA) is 45.8 Å². The lowest BCUT2D eigenvalue weighted by Gasteiger charge is -2.06. The summed E-state index contributed by atoms with van der Waals surface area (Å²) < 4.78 is 0.918. The third kappa shape index (κ3) is 1.84. The van der Waals surface area contributed by atoms with Gasteiger partial charge in [-0.25, -0.2) is 0 Å². The van der Waals surface area contributed by atoms with E-state index >= 15 is 0 Å². The quantitative estimate of drug-likeness (QED) is 0.749. The van der Waals surface area contributed by atoms with Gasteiger partial charge in [0.25, 0.3) is 5.56 Å². The monoisotopic (exact) mass is 300 g/mol. The number of pyridine rings is 2. The molecule has 0 unspecified atom stereocenters. The molecule has 1 N–H and O–H groups in total. The first-order valence-corrected chi connectivity index (χ1v) is 6.26. The van der Waals surface area contributed by atoms with Crippen molar-refractivity contribution in [2.45, 2.75) is 0 Å².